The van der Waals surface area contributed by atoms with Crippen LogP contribution in [0.3, 0.4) is 0 Å². The Labute approximate surface area is 277 Å². The zero-order valence-electron chi connectivity index (χ0n) is 27.8. The van der Waals surface area contributed by atoms with Crippen LogP contribution in [-0.4, -0.2) is 53.6 Å². The minimum absolute atomic E-state index is 0.0271. The quantitative estimate of drug-likeness (QED) is 0.229. The van der Waals surface area contributed by atoms with Crippen molar-refractivity contribution in [3.05, 3.63) is 64.8 Å². The van der Waals surface area contributed by atoms with Crippen LogP contribution < -0.4 is 4.72 Å². The van der Waals surface area contributed by atoms with Crippen LogP contribution in [0.1, 0.15) is 93.5 Å². The van der Waals surface area contributed by atoms with Gasteiger partial charge in [-0.1, -0.05) is 74.2 Å². The molecule has 47 heavy (non-hydrogen) atoms. The van der Waals surface area contributed by atoms with E-state index in [9.17, 15) is 18.0 Å². The van der Waals surface area contributed by atoms with Gasteiger partial charge in [0.2, 0.25) is 11.8 Å². The number of carbonyl (C=O) groups is 2. The van der Waals surface area contributed by atoms with E-state index in [1.807, 2.05) is 23.1 Å². The van der Waals surface area contributed by atoms with E-state index in [0.29, 0.717) is 35.5 Å². The predicted octanol–water partition coefficient (Wildman–Crippen LogP) is 6.76. The number of amides is 2. The number of sulfonamides is 1. The molecule has 1 aromatic heterocycles. The molecule has 1 spiro atoms. The van der Waals surface area contributed by atoms with Crippen molar-refractivity contribution in [3.8, 4) is 11.1 Å². The first-order chi connectivity index (χ1) is 22.5. The van der Waals surface area contributed by atoms with Gasteiger partial charge in [-0.25, -0.2) is 13.1 Å². The average molecular weight is 660 g/mol. The topological polar surface area (TPSA) is 125 Å². The molecule has 250 valence electrons. The molecule has 2 fully saturated rings. The lowest BCUT2D eigenvalue weighted by molar-refractivity contribution is -0.137. The van der Waals surface area contributed by atoms with Crippen LogP contribution in [0.5, 0.6) is 0 Å². The van der Waals surface area contributed by atoms with E-state index in [4.69, 9.17) is 9.52 Å². The normalized spacial score (nSPS) is 17.7. The summed E-state index contributed by atoms with van der Waals surface area (Å²) < 4.78 is 35.4. The lowest BCUT2D eigenvalue weighted by Crippen LogP contribution is -2.40. The lowest BCUT2D eigenvalue weighted by Gasteiger charge is -2.30. The number of amidine groups is 1. The third kappa shape index (κ3) is 6.46. The zero-order chi connectivity index (χ0) is 33.3. The van der Waals surface area contributed by atoms with Crippen LogP contribution >= 0.6 is 0 Å². The Morgan fingerprint density at radius 2 is 1.83 bits per heavy atom. The molecule has 0 atom stereocenters. The molecule has 3 aliphatic rings. The first-order valence-corrected chi connectivity index (χ1v) is 18.3. The van der Waals surface area contributed by atoms with Gasteiger partial charge >= 0.3 is 0 Å². The molecule has 6 rings (SSSR count). The molecule has 1 N–H and O–H groups in total. The minimum atomic E-state index is -4.07. The molecule has 1 aliphatic heterocycles. The fourth-order valence-corrected chi connectivity index (χ4v) is 8.20. The molecular weight excluding hydrogens is 614 g/mol. The number of aliphatic imine (C=N–C) groups is 1. The van der Waals surface area contributed by atoms with Gasteiger partial charge in [-0.05, 0) is 68.7 Å². The smallest absolute Gasteiger partial charge is 0.264 e. The van der Waals surface area contributed by atoms with Gasteiger partial charge in [0.25, 0.3) is 15.9 Å². The molecule has 2 heterocycles. The molecule has 0 unspecified atom stereocenters. The lowest BCUT2D eigenvalue weighted by atomic mass is 9.84. The summed E-state index contributed by atoms with van der Waals surface area (Å²) in [7, 11) is -2.26. The molecule has 0 bridgehead atoms. The summed E-state index contributed by atoms with van der Waals surface area (Å²) in [6.45, 7) is 6.32. The van der Waals surface area contributed by atoms with Gasteiger partial charge in [0.15, 0.2) is 0 Å². The fourth-order valence-electron chi connectivity index (χ4n) is 6.93. The number of hydrogen-bond acceptors (Lipinski definition) is 7. The molecule has 3 aromatic rings. The van der Waals surface area contributed by atoms with Crippen molar-refractivity contribution in [1.29, 1.82) is 0 Å². The van der Waals surface area contributed by atoms with Gasteiger partial charge in [0, 0.05) is 37.1 Å². The highest BCUT2D eigenvalue weighted by Gasteiger charge is 2.49. The van der Waals surface area contributed by atoms with Gasteiger partial charge < -0.3 is 9.42 Å². The number of unbranched alkanes of at least 4 members (excludes halogenated alkanes) is 1. The number of anilines is 1. The van der Waals surface area contributed by atoms with Gasteiger partial charge in [-0.2, -0.15) is 0 Å². The Kier molecular flexibility index (Phi) is 9.29. The maximum atomic E-state index is 13.9. The van der Waals surface area contributed by atoms with E-state index in [-0.39, 0.29) is 28.5 Å². The highest BCUT2D eigenvalue weighted by molar-refractivity contribution is 7.92. The van der Waals surface area contributed by atoms with Crippen LogP contribution in [0.2, 0.25) is 0 Å². The molecule has 2 amide bonds. The van der Waals surface area contributed by atoms with E-state index in [1.165, 1.54) is 0 Å². The SMILES string of the molecule is CCCCC1=NC2(CCCC2)C(=O)N1Cc1ccc(-c2ccccc2S(=O)(=O)Nc2onc(C)c2C)c(CN(C)C(=O)C2CCC2)c1. The first-order valence-electron chi connectivity index (χ1n) is 16.9. The summed E-state index contributed by atoms with van der Waals surface area (Å²) >= 11 is 0. The van der Waals surface area contributed by atoms with Crippen LogP contribution in [0.4, 0.5) is 5.88 Å². The maximum absolute atomic E-state index is 13.9. The van der Waals surface area contributed by atoms with Gasteiger partial charge in [-0.3, -0.25) is 19.5 Å². The largest absolute Gasteiger partial charge is 0.341 e. The number of aryl methyl sites for hydroxylation is 1. The molecule has 11 heteroatoms. The Morgan fingerprint density at radius 3 is 2.49 bits per heavy atom. The summed E-state index contributed by atoms with van der Waals surface area (Å²) in [4.78, 5) is 35.9. The van der Waals surface area contributed by atoms with Crippen molar-refractivity contribution in [3.63, 3.8) is 0 Å². The zero-order valence-corrected chi connectivity index (χ0v) is 28.7. The second-order valence-corrected chi connectivity index (χ2v) is 15.0. The van der Waals surface area contributed by atoms with E-state index < -0.39 is 15.6 Å². The number of rotatable bonds is 12. The summed E-state index contributed by atoms with van der Waals surface area (Å²) in [5, 5.41) is 3.89. The van der Waals surface area contributed by atoms with Crippen LogP contribution in [0, 0.1) is 19.8 Å². The first kappa shape index (κ1) is 32.9. The fraction of sp³-hybridized carbons (Fsp3) is 0.500. The number of carbonyl (C=O) groups excluding carboxylic acids is 2. The Balaban J connectivity index is 1.37. The molecule has 2 aromatic carbocycles. The van der Waals surface area contributed by atoms with Crippen molar-refractivity contribution in [2.75, 3.05) is 11.8 Å². The summed E-state index contributed by atoms with van der Waals surface area (Å²) in [6.07, 6.45) is 9.19. The third-order valence-corrected chi connectivity index (χ3v) is 11.5. The molecule has 10 nitrogen and oxygen atoms in total. The van der Waals surface area contributed by atoms with Crippen molar-refractivity contribution in [2.45, 2.75) is 109 Å². The van der Waals surface area contributed by atoms with Gasteiger partial charge in [0.05, 0.1) is 17.1 Å². The summed E-state index contributed by atoms with van der Waals surface area (Å²) in [5.74, 6) is 1.15. The summed E-state index contributed by atoms with van der Waals surface area (Å²) in [6, 6.07) is 12.7. The Morgan fingerprint density at radius 1 is 1.09 bits per heavy atom. The van der Waals surface area contributed by atoms with Gasteiger partial charge in [0.1, 0.15) is 11.4 Å². The Hall–Kier alpha value is -3.99. The number of hydrogen-bond donors (Lipinski definition) is 1. The number of benzene rings is 2. The molecule has 0 saturated heterocycles. The highest BCUT2D eigenvalue weighted by Crippen LogP contribution is 2.41. The number of aromatic nitrogens is 1. The van der Waals surface area contributed by atoms with Crippen molar-refractivity contribution in [1.82, 2.24) is 15.0 Å². The predicted molar refractivity (Wildman–Crippen MR) is 181 cm³/mol. The maximum Gasteiger partial charge on any atom is 0.264 e. The number of nitrogens with zero attached hydrogens (tertiary/aromatic N) is 4. The molecule has 2 aliphatic carbocycles. The standard InChI is InChI=1S/C36H45N5O5S/c1-5-6-16-32-37-36(19-9-10-20-36)35(43)41(32)22-26-17-18-29(28(21-26)23-40(4)34(42)27-12-11-13-27)30-14-7-8-15-31(30)47(44,45)39-33-24(2)25(3)38-46-33/h7-8,14-15,17-18,21,27,39H,5-6,9-13,16,19-20,22-23H2,1-4H3. The average Bonchev–Trinajstić information content (AvgIpc) is 3.70. The van der Waals surface area contributed by atoms with Crippen molar-refractivity contribution >= 4 is 33.6 Å². The van der Waals surface area contributed by atoms with E-state index in [2.05, 4.69) is 16.8 Å². The van der Waals surface area contributed by atoms with E-state index in [0.717, 1.165) is 81.2 Å². The minimum Gasteiger partial charge on any atom is -0.341 e. The van der Waals surface area contributed by atoms with Gasteiger partial charge in [-0.15, -0.1) is 0 Å². The Bertz CT molecular complexity index is 1800. The molecule has 0 radical (unpaired) electrons. The van der Waals surface area contributed by atoms with Crippen LogP contribution in [0.25, 0.3) is 11.1 Å². The van der Waals surface area contributed by atoms with Crippen LogP contribution in [-0.2, 0) is 32.7 Å². The molecular formula is C36H45N5O5S. The third-order valence-electron chi connectivity index (χ3n) is 10.1. The highest BCUT2D eigenvalue weighted by atomic mass is 32.2. The number of nitrogens with one attached hydrogen (secondary N) is 1. The van der Waals surface area contributed by atoms with Crippen molar-refractivity contribution in [2.24, 2.45) is 10.9 Å². The van der Waals surface area contributed by atoms with Crippen LogP contribution in [0.15, 0.2) is 56.9 Å². The molecule has 2 saturated carbocycles. The summed E-state index contributed by atoms with van der Waals surface area (Å²) in [5.41, 5.74) is 3.52. The second-order valence-electron chi connectivity index (χ2n) is 13.4. The van der Waals surface area contributed by atoms with E-state index >= 15 is 0 Å². The second kappa shape index (κ2) is 13.3. The van der Waals surface area contributed by atoms with E-state index in [1.54, 1.807) is 50.1 Å². The van der Waals surface area contributed by atoms with Crippen molar-refractivity contribution < 1.29 is 22.5 Å². The monoisotopic (exact) mass is 659 g/mol.